The van der Waals surface area contributed by atoms with Gasteiger partial charge in [-0.15, -0.1) is 0 Å². The van der Waals surface area contributed by atoms with Gasteiger partial charge in [0.25, 0.3) is 5.91 Å². The molecule has 0 fully saturated rings. The summed E-state index contributed by atoms with van der Waals surface area (Å²) in [6.45, 7) is 0.507. The number of amides is 1. The van der Waals surface area contributed by atoms with E-state index in [4.69, 9.17) is 16.0 Å². The summed E-state index contributed by atoms with van der Waals surface area (Å²) in [6.07, 6.45) is 0. The lowest BCUT2D eigenvalue weighted by molar-refractivity contribution is 0.0756. The zero-order chi connectivity index (χ0) is 14.8. The summed E-state index contributed by atoms with van der Waals surface area (Å²) in [5, 5.41) is 1.62. The number of para-hydroxylation sites is 1. The van der Waals surface area contributed by atoms with Gasteiger partial charge in [0, 0.05) is 24.0 Å². The van der Waals surface area contributed by atoms with Gasteiger partial charge in [0.1, 0.15) is 5.58 Å². The van der Waals surface area contributed by atoms with E-state index in [2.05, 4.69) is 0 Å². The van der Waals surface area contributed by atoms with Crippen molar-refractivity contribution in [2.45, 2.75) is 6.54 Å². The number of hydrogen-bond acceptors (Lipinski definition) is 2. The molecule has 0 saturated carbocycles. The molecule has 3 rings (SSSR count). The van der Waals surface area contributed by atoms with E-state index < -0.39 is 0 Å². The second-order valence-electron chi connectivity index (χ2n) is 4.94. The summed E-state index contributed by atoms with van der Waals surface area (Å²) >= 11 is 5.86. The zero-order valence-electron chi connectivity index (χ0n) is 11.5. The van der Waals surface area contributed by atoms with Crippen LogP contribution < -0.4 is 0 Å². The molecule has 2 aromatic carbocycles. The fourth-order valence-corrected chi connectivity index (χ4v) is 2.34. The summed E-state index contributed by atoms with van der Waals surface area (Å²) in [5.74, 6) is 0.216. The second-order valence-corrected chi connectivity index (χ2v) is 5.37. The molecule has 1 amide bonds. The Bertz CT molecular complexity index is 744. The van der Waals surface area contributed by atoms with E-state index in [1.54, 1.807) is 18.0 Å². The van der Waals surface area contributed by atoms with Gasteiger partial charge in [-0.3, -0.25) is 4.79 Å². The Morgan fingerprint density at radius 2 is 1.86 bits per heavy atom. The Labute approximate surface area is 127 Å². The molecular formula is C17H14ClNO2. The Morgan fingerprint density at radius 3 is 2.57 bits per heavy atom. The Hall–Kier alpha value is -2.26. The van der Waals surface area contributed by atoms with Crippen LogP contribution in [0.25, 0.3) is 11.0 Å². The number of fused-ring (bicyclic) bond motifs is 1. The lowest BCUT2D eigenvalue weighted by atomic mass is 10.2. The van der Waals surface area contributed by atoms with Gasteiger partial charge < -0.3 is 9.32 Å². The van der Waals surface area contributed by atoms with Gasteiger partial charge in [0.15, 0.2) is 5.76 Å². The Kier molecular flexibility index (Phi) is 3.67. The highest BCUT2D eigenvalue weighted by Gasteiger charge is 2.16. The van der Waals surface area contributed by atoms with E-state index in [1.165, 1.54) is 0 Å². The maximum Gasteiger partial charge on any atom is 0.289 e. The molecule has 3 aromatic rings. The molecular weight excluding hydrogens is 286 g/mol. The Morgan fingerprint density at radius 1 is 1.14 bits per heavy atom. The molecule has 106 valence electrons. The van der Waals surface area contributed by atoms with E-state index in [9.17, 15) is 4.79 Å². The molecule has 0 aliphatic rings. The fraction of sp³-hybridized carbons (Fsp3) is 0.118. The van der Waals surface area contributed by atoms with Crippen LogP contribution >= 0.6 is 11.6 Å². The number of hydrogen-bond donors (Lipinski definition) is 0. The van der Waals surface area contributed by atoms with Crippen LogP contribution in [-0.2, 0) is 6.54 Å². The fourth-order valence-electron chi connectivity index (χ4n) is 2.21. The average molecular weight is 300 g/mol. The summed E-state index contributed by atoms with van der Waals surface area (Å²) in [7, 11) is 1.75. The van der Waals surface area contributed by atoms with Crippen molar-refractivity contribution in [2.75, 3.05) is 7.05 Å². The summed E-state index contributed by atoms with van der Waals surface area (Å²) < 4.78 is 5.60. The van der Waals surface area contributed by atoms with Crippen molar-refractivity contribution >= 4 is 28.5 Å². The highest BCUT2D eigenvalue weighted by atomic mass is 35.5. The monoisotopic (exact) mass is 299 g/mol. The van der Waals surface area contributed by atoms with Crippen LogP contribution in [0.1, 0.15) is 16.1 Å². The second kappa shape index (κ2) is 5.62. The molecule has 0 aliphatic carbocycles. The van der Waals surface area contributed by atoms with Crippen LogP contribution in [0.4, 0.5) is 0 Å². The first-order valence-electron chi connectivity index (χ1n) is 6.62. The molecule has 1 heterocycles. The molecule has 0 N–H and O–H groups in total. The summed E-state index contributed by atoms with van der Waals surface area (Å²) in [4.78, 5) is 14.0. The van der Waals surface area contributed by atoms with E-state index in [-0.39, 0.29) is 5.91 Å². The highest BCUT2D eigenvalue weighted by Crippen LogP contribution is 2.20. The molecule has 0 spiro atoms. The number of carbonyl (C=O) groups is 1. The van der Waals surface area contributed by atoms with Crippen LogP contribution in [-0.4, -0.2) is 17.9 Å². The number of benzene rings is 2. The van der Waals surface area contributed by atoms with Gasteiger partial charge in [0.05, 0.1) is 0 Å². The van der Waals surface area contributed by atoms with Crippen molar-refractivity contribution in [3.05, 3.63) is 70.9 Å². The van der Waals surface area contributed by atoms with E-state index in [0.717, 1.165) is 16.5 Å². The maximum absolute atomic E-state index is 12.4. The molecule has 3 nitrogen and oxygen atoms in total. The third-order valence-corrected chi connectivity index (χ3v) is 3.57. The lowest BCUT2D eigenvalue weighted by Gasteiger charge is -2.15. The molecule has 0 saturated heterocycles. The SMILES string of the molecule is CN(Cc1ccc(Cl)cc1)C(=O)c1cc2ccccc2o1. The van der Waals surface area contributed by atoms with Gasteiger partial charge in [-0.2, -0.15) is 0 Å². The zero-order valence-corrected chi connectivity index (χ0v) is 12.3. The Balaban J connectivity index is 1.78. The predicted octanol–water partition coefficient (Wildman–Crippen LogP) is 4.36. The summed E-state index contributed by atoms with van der Waals surface area (Å²) in [5.41, 5.74) is 1.74. The minimum atomic E-state index is -0.138. The van der Waals surface area contributed by atoms with Crippen molar-refractivity contribution in [1.82, 2.24) is 4.90 Å². The molecule has 0 aliphatic heterocycles. The first kappa shape index (κ1) is 13.7. The van der Waals surface area contributed by atoms with Gasteiger partial charge in [0.2, 0.25) is 0 Å². The largest absolute Gasteiger partial charge is 0.451 e. The molecule has 4 heteroatoms. The quantitative estimate of drug-likeness (QED) is 0.720. The minimum Gasteiger partial charge on any atom is -0.451 e. The normalized spacial score (nSPS) is 10.8. The number of furan rings is 1. The van der Waals surface area contributed by atoms with Gasteiger partial charge in [-0.1, -0.05) is 41.9 Å². The van der Waals surface area contributed by atoms with Gasteiger partial charge >= 0.3 is 0 Å². The van der Waals surface area contributed by atoms with Crippen LogP contribution in [0.5, 0.6) is 0 Å². The van der Waals surface area contributed by atoms with Crippen molar-refractivity contribution in [3.8, 4) is 0 Å². The summed E-state index contributed by atoms with van der Waals surface area (Å²) in [6, 6.07) is 16.8. The molecule has 0 atom stereocenters. The molecule has 1 aromatic heterocycles. The van der Waals surface area contributed by atoms with Crippen molar-refractivity contribution < 1.29 is 9.21 Å². The molecule has 0 unspecified atom stereocenters. The smallest absolute Gasteiger partial charge is 0.289 e. The minimum absolute atomic E-state index is 0.138. The van der Waals surface area contributed by atoms with Crippen LogP contribution in [0.3, 0.4) is 0 Å². The van der Waals surface area contributed by atoms with Crippen LogP contribution in [0.15, 0.2) is 59.0 Å². The molecule has 0 radical (unpaired) electrons. The molecule has 21 heavy (non-hydrogen) atoms. The topological polar surface area (TPSA) is 33.5 Å². The first-order chi connectivity index (χ1) is 10.1. The van der Waals surface area contributed by atoms with Crippen molar-refractivity contribution in [2.24, 2.45) is 0 Å². The maximum atomic E-state index is 12.4. The van der Waals surface area contributed by atoms with E-state index in [0.29, 0.717) is 17.3 Å². The van der Waals surface area contributed by atoms with Crippen molar-refractivity contribution in [1.29, 1.82) is 0 Å². The number of carbonyl (C=O) groups excluding carboxylic acids is 1. The number of halogens is 1. The third kappa shape index (κ3) is 2.93. The van der Waals surface area contributed by atoms with Gasteiger partial charge in [-0.25, -0.2) is 0 Å². The third-order valence-electron chi connectivity index (χ3n) is 3.32. The standard InChI is InChI=1S/C17H14ClNO2/c1-19(11-12-6-8-14(18)9-7-12)17(20)16-10-13-4-2-3-5-15(13)21-16/h2-10H,11H2,1H3. The van der Waals surface area contributed by atoms with Gasteiger partial charge in [-0.05, 0) is 29.8 Å². The van der Waals surface area contributed by atoms with E-state index in [1.807, 2.05) is 48.5 Å². The molecule has 0 bridgehead atoms. The van der Waals surface area contributed by atoms with E-state index >= 15 is 0 Å². The van der Waals surface area contributed by atoms with Crippen LogP contribution in [0, 0.1) is 0 Å². The van der Waals surface area contributed by atoms with Crippen molar-refractivity contribution in [3.63, 3.8) is 0 Å². The number of rotatable bonds is 3. The number of nitrogens with zero attached hydrogens (tertiary/aromatic N) is 1. The average Bonchev–Trinajstić information content (AvgIpc) is 2.92. The predicted molar refractivity (Wildman–Crippen MR) is 83.5 cm³/mol. The van der Waals surface area contributed by atoms with Crippen LogP contribution in [0.2, 0.25) is 5.02 Å². The lowest BCUT2D eigenvalue weighted by Crippen LogP contribution is -2.25. The highest BCUT2D eigenvalue weighted by molar-refractivity contribution is 6.30. The first-order valence-corrected chi connectivity index (χ1v) is 7.00.